The molecule has 0 aliphatic carbocycles. The van der Waals surface area contributed by atoms with Crippen LogP contribution in [0.1, 0.15) is 68.8 Å². The van der Waals surface area contributed by atoms with Crippen LogP contribution in [-0.4, -0.2) is 62.6 Å². The number of rotatable bonds is 11. The van der Waals surface area contributed by atoms with E-state index in [1.807, 2.05) is 45.0 Å². The van der Waals surface area contributed by atoms with E-state index in [0.717, 1.165) is 56.7 Å². The molecule has 7 nitrogen and oxygen atoms in total. The molecule has 0 heterocycles. The summed E-state index contributed by atoms with van der Waals surface area (Å²) in [7, 11) is 5.27. The third-order valence-electron chi connectivity index (χ3n) is 4.53. The molecule has 32 heavy (non-hydrogen) atoms. The summed E-state index contributed by atoms with van der Waals surface area (Å²) >= 11 is 0. The minimum Gasteiger partial charge on any atom is -0.460 e. The van der Waals surface area contributed by atoms with Crippen LogP contribution in [0.15, 0.2) is 29.3 Å². The second-order valence-corrected chi connectivity index (χ2v) is 8.83. The predicted molar refractivity (Wildman–Crippen MR) is 142 cm³/mol. The number of hydrogen-bond donors (Lipinski definition) is 2. The number of esters is 1. The maximum absolute atomic E-state index is 12.1. The van der Waals surface area contributed by atoms with Crippen LogP contribution in [0.3, 0.4) is 0 Å². The molecule has 0 atom stereocenters. The molecule has 1 aromatic rings. The quantitative estimate of drug-likeness (QED) is 0.141. The van der Waals surface area contributed by atoms with E-state index in [1.54, 1.807) is 26.0 Å². The summed E-state index contributed by atoms with van der Waals surface area (Å²) in [6.07, 6.45) is 5.23. The van der Waals surface area contributed by atoms with Crippen molar-refractivity contribution in [1.29, 1.82) is 0 Å². The molecular formula is C24H41IN4O3. The van der Waals surface area contributed by atoms with Crippen molar-refractivity contribution >= 4 is 41.8 Å². The molecule has 0 saturated carbocycles. The van der Waals surface area contributed by atoms with Crippen LogP contribution in [0.4, 0.5) is 0 Å². The minimum atomic E-state index is -0.406. The highest BCUT2D eigenvalue weighted by atomic mass is 127. The normalized spacial score (nSPS) is 11.4. The summed E-state index contributed by atoms with van der Waals surface area (Å²) in [5, 5.41) is 6.63. The highest BCUT2D eigenvalue weighted by Gasteiger charge is 2.15. The van der Waals surface area contributed by atoms with Crippen molar-refractivity contribution in [1.82, 2.24) is 15.5 Å². The van der Waals surface area contributed by atoms with Crippen LogP contribution >= 0.6 is 24.0 Å². The maximum atomic E-state index is 12.1. The summed E-state index contributed by atoms with van der Waals surface area (Å²) < 4.78 is 5.32. The van der Waals surface area contributed by atoms with E-state index >= 15 is 0 Å². The first-order chi connectivity index (χ1) is 14.6. The first-order valence-corrected chi connectivity index (χ1v) is 11.1. The number of carbonyl (C=O) groups is 2. The fraction of sp³-hybridized carbons (Fsp3) is 0.625. The van der Waals surface area contributed by atoms with E-state index in [4.69, 9.17) is 4.74 Å². The van der Waals surface area contributed by atoms with Gasteiger partial charge in [0.25, 0.3) is 5.91 Å². The SMILES string of the molecule is CN=C(NCCCCCCC(=O)OC(C)(C)C)NCCc1cccc(C(=O)N(C)C)c1.I. The van der Waals surface area contributed by atoms with E-state index < -0.39 is 5.60 Å². The van der Waals surface area contributed by atoms with Crippen LogP contribution in [-0.2, 0) is 16.0 Å². The smallest absolute Gasteiger partial charge is 0.306 e. The van der Waals surface area contributed by atoms with Gasteiger partial charge < -0.3 is 20.3 Å². The number of amides is 1. The molecule has 0 spiro atoms. The van der Waals surface area contributed by atoms with E-state index in [2.05, 4.69) is 15.6 Å². The van der Waals surface area contributed by atoms with Crippen molar-refractivity contribution < 1.29 is 14.3 Å². The van der Waals surface area contributed by atoms with Gasteiger partial charge in [0.1, 0.15) is 5.60 Å². The Kier molecular flexibility index (Phi) is 15.0. The molecule has 0 aliphatic rings. The Morgan fingerprint density at radius 2 is 1.69 bits per heavy atom. The monoisotopic (exact) mass is 560 g/mol. The van der Waals surface area contributed by atoms with Gasteiger partial charge in [-0.2, -0.15) is 0 Å². The lowest BCUT2D eigenvalue weighted by Gasteiger charge is -2.19. The zero-order valence-corrected chi connectivity index (χ0v) is 22.8. The number of unbranched alkanes of at least 4 members (excludes halogenated alkanes) is 3. The Labute approximate surface area is 210 Å². The molecule has 182 valence electrons. The largest absolute Gasteiger partial charge is 0.460 e. The van der Waals surface area contributed by atoms with Crippen molar-refractivity contribution in [2.24, 2.45) is 4.99 Å². The van der Waals surface area contributed by atoms with Gasteiger partial charge in [-0.05, 0) is 57.7 Å². The van der Waals surface area contributed by atoms with Gasteiger partial charge in [0.2, 0.25) is 0 Å². The van der Waals surface area contributed by atoms with Gasteiger partial charge in [0.05, 0.1) is 0 Å². The molecule has 0 saturated heterocycles. The second kappa shape index (κ2) is 15.9. The van der Waals surface area contributed by atoms with Gasteiger partial charge in [-0.1, -0.05) is 25.0 Å². The number of ether oxygens (including phenoxy) is 1. The Bertz CT molecular complexity index is 730. The average molecular weight is 561 g/mol. The van der Waals surface area contributed by atoms with Gasteiger partial charge in [-0.3, -0.25) is 14.6 Å². The topological polar surface area (TPSA) is 83.0 Å². The van der Waals surface area contributed by atoms with Crippen molar-refractivity contribution in [3.05, 3.63) is 35.4 Å². The number of hydrogen-bond acceptors (Lipinski definition) is 4. The number of aliphatic imine (C=N–C) groups is 1. The molecule has 0 unspecified atom stereocenters. The number of guanidine groups is 1. The van der Waals surface area contributed by atoms with Gasteiger partial charge in [-0.15, -0.1) is 24.0 Å². The molecule has 1 aromatic carbocycles. The number of benzene rings is 1. The number of nitrogens with zero attached hydrogens (tertiary/aromatic N) is 2. The minimum absolute atomic E-state index is 0. The first-order valence-electron chi connectivity index (χ1n) is 11.1. The van der Waals surface area contributed by atoms with Crippen molar-refractivity contribution in [3.8, 4) is 0 Å². The Morgan fingerprint density at radius 1 is 1.03 bits per heavy atom. The van der Waals surface area contributed by atoms with E-state index in [9.17, 15) is 9.59 Å². The molecule has 0 bridgehead atoms. The second-order valence-electron chi connectivity index (χ2n) is 8.83. The summed E-state index contributed by atoms with van der Waals surface area (Å²) in [5.41, 5.74) is 1.41. The van der Waals surface area contributed by atoms with Crippen LogP contribution < -0.4 is 10.6 Å². The van der Waals surface area contributed by atoms with Gasteiger partial charge in [0, 0.05) is 46.2 Å². The lowest BCUT2D eigenvalue weighted by Crippen LogP contribution is -2.38. The summed E-state index contributed by atoms with van der Waals surface area (Å²) in [6.45, 7) is 7.23. The van der Waals surface area contributed by atoms with E-state index in [1.165, 1.54) is 0 Å². The van der Waals surface area contributed by atoms with Crippen LogP contribution in [0.5, 0.6) is 0 Å². The first kappa shape index (κ1) is 30.2. The van der Waals surface area contributed by atoms with Crippen LogP contribution in [0.25, 0.3) is 0 Å². The third kappa shape index (κ3) is 13.5. The zero-order valence-electron chi connectivity index (χ0n) is 20.5. The van der Waals surface area contributed by atoms with Gasteiger partial charge in [0.15, 0.2) is 5.96 Å². The maximum Gasteiger partial charge on any atom is 0.306 e. The van der Waals surface area contributed by atoms with Crippen molar-refractivity contribution in [3.63, 3.8) is 0 Å². The zero-order chi connectivity index (χ0) is 23.3. The molecule has 0 radical (unpaired) electrons. The highest BCUT2D eigenvalue weighted by Crippen LogP contribution is 2.11. The molecule has 1 amide bonds. The average Bonchev–Trinajstić information content (AvgIpc) is 2.70. The lowest BCUT2D eigenvalue weighted by atomic mass is 10.1. The highest BCUT2D eigenvalue weighted by molar-refractivity contribution is 14.0. The number of nitrogens with one attached hydrogen (secondary N) is 2. The van der Waals surface area contributed by atoms with Crippen molar-refractivity contribution in [2.45, 2.75) is 64.9 Å². The molecule has 0 aliphatic heterocycles. The van der Waals surface area contributed by atoms with Gasteiger partial charge in [-0.25, -0.2) is 0 Å². The van der Waals surface area contributed by atoms with Crippen molar-refractivity contribution in [2.75, 3.05) is 34.2 Å². The summed E-state index contributed by atoms with van der Waals surface area (Å²) in [4.78, 5) is 29.6. The molecule has 0 aromatic heterocycles. The molecule has 8 heteroatoms. The fourth-order valence-corrected chi connectivity index (χ4v) is 3.01. The Morgan fingerprint density at radius 3 is 2.31 bits per heavy atom. The van der Waals surface area contributed by atoms with Crippen LogP contribution in [0, 0.1) is 0 Å². The Balaban J connectivity index is 0.00000961. The summed E-state index contributed by atoms with van der Waals surface area (Å²) in [5.74, 6) is 0.666. The van der Waals surface area contributed by atoms with Gasteiger partial charge >= 0.3 is 5.97 Å². The Hall–Kier alpha value is -1.84. The van der Waals surface area contributed by atoms with E-state index in [0.29, 0.717) is 12.0 Å². The number of carbonyl (C=O) groups excluding carboxylic acids is 2. The van der Waals surface area contributed by atoms with Crippen LogP contribution in [0.2, 0.25) is 0 Å². The molecule has 0 fully saturated rings. The summed E-state index contributed by atoms with van der Waals surface area (Å²) in [6, 6.07) is 7.73. The molecular weight excluding hydrogens is 519 g/mol. The standard InChI is InChI=1S/C24H40N4O3.HI/c1-24(2,3)31-21(29)14-9-7-8-10-16-26-23(25-4)27-17-15-19-12-11-13-20(18-19)22(30)28(5)6;/h11-13,18H,7-10,14-17H2,1-6H3,(H2,25,26,27);1H. The number of halogens is 1. The third-order valence-corrected chi connectivity index (χ3v) is 4.53. The lowest BCUT2D eigenvalue weighted by molar-refractivity contribution is -0.154. The van der Waals surface area contributed by atoms with E-state index in [-0.39, 0.29) is 35.9 Å². The predicted octanol–water partition coefficient (Wildman–Crippen LogP) is 4.01. The molecule has 1 rings (SSSR count). The fourth-order valence-electron chi connectivity index (χ4n) is 3.01. The molecule has 2 N–H and O–H groups in total.